The molecule has 2 N–H and O–H groups in total. The van der Waals surface area contributed by atoms with Gasteiger partial charge in [0.1, 0.15) is 17.2 Å². The molecule has 5 nitrogen and oxygen atoms in total. The van der Waals surface area contributed by atoms with Crippen molar-refractivity contribution in [3.63, 3.8) is 0 Å². The van der Waals surface area contributed by atoms with Crippen LogP contribution in [-0.2, 0) is 4.74 Å². The van der Waals surface area contributed by atoms with Crippen LogP contribution in [0, 0.1) is 11.6 Å². The van der Waals surface area contributed by atoms with Crippen LogP contribution >= 0.6 is 0 Å². The number of hydrogen-bond donors (Lipinski definition) is 1. The normalized spacial score (nSPS) is 12.6. The van der Waals surface area contributed by atoms with E-state index in [1.807, 2.05) is 6.92 Å². The first-order chi connectivity index (χ1) is 9.63. The SMILES string of the molecule is CCCOCC(N)c1noc(-c2c(F)cccc2F)n1. The molecule has 1 atom stereocenters. The van der Waals surface area contributed by atoms with Gasteiger partial charge in [-0.25, -0.2) is 8.78 Å². The zero-order chi connectivity index (χ0) is 14.5. The summed E-state index contributed by atoms with van der Waals surface area (Å²) in [5, 5.41) is 3.63. The van der Waals surface area contributed by atoms with E-state index >= 15 is 0 Å². The summed E-state index contributed by atoms with van der Waals surface area (Å²) < 4.78 is 37.3. The Bertz CT molecular complexity index is 554. The summed E-state index contributed by atoms with van der Waals surface area (Å²) >= 11 is 0. The van der Waals surface area contributed by atoms with Gasteiger partial charge < -0.3 is 15.0 Å². The van der Waals surface area contributed by atoms with Crippen LogP contribution in [0.15, 0.2) is 22.7 Å². The highest BCUT2D eigenvalue weighted by atomic mass is 19.1. The minimum atomic E-state index is -0.768. The molecule has 0 spiro atoms. The van der Waals surface area contributed by atoms with Gasteiger partial charge in [-0.05, 0) is 18.6 Å². The predicted molar refractivity (Wildman–Crippen MR) is 67.7 cm³/mol. The summed E-state index contributed by atoms with van der Waals surface area (Å²) in [5.41, 5.74) is 5.45. The standard InChI is InChI=1S/C13H15F2N3O2/c1-2-6-19-7-10(16)12-17-13(20-18-12)11-8(14)4-3-5-9(11)15/h3-5,10H,2,6-7,16H2,1H3. The zero-order valence-corrected chi connectivity index (χ0v) is 11.0. The van der Waals surface area contributed by atoms with Crippen molar-refractivity contribution in [2.45, 2.75) is 19.4 Å². The minimum absolute atomic E-state index is 0.152. The number of nitrogens with two attached hydrogens (primary N) is 1. The van der Waals surface area contributed by atoms with Crippen LogP contribution in [0.2, 0.25) is 0 Å². The molecule has 2 aromatic rings. The molecule has 0 saturated heterocycles. The van der Waals surface area contributed by atoms with Crippen molar-refractivity contribution < 1.29 is 18.0 Å². The van der Waals surface area contributed by atoms with Gasteiger partial charge in [-0.2, -0.15) is 4.98 Å². The van der Waals surface area contributed by atoms with E-state index in [0.29, 0.717) is 6.61 Å². The fourth-order valence-electron chi connectivity index (χ4n) is 1.62. The molecule has 0 saturated carbocycles. The van der Waals surface area contributed by atoms with Crippen molar-refractivity contribution in [2.75, 3.05) is 13.2 Å². The summed E-state index contributed by atoms with van der Waals surface area (Å²) in [6.07, 6.45) is 0.866. The Morgan fingerprint density at radius 2 is 2.05 bits per heavy atom. The van der Waals surface area contributed by atoms with Crippen LogP contribution in [0.4, 0.5) is 8.78 Å². The number of hydrogen-bond acceptors (Lipinski definition) is 5. The predicted octanol–water partition coefficient (Wildman–Crippen LogP) is 2.44. The van der Waals surface area contributed by atoms with Gasteiger partial charge >= 0.3 is 0 Å². The molecule has 0 radical (unpaired) electrons. The molecular formula is C13H15F2N3O2. The number of rotatable bonds is 6. The maximum absolute atomic E-state index is 13.6. The smallest absolute Gasteiger partial charge is 0.263 e. The Labute approximate surface area is 114 Å². The summed E-state index contributed by atoms with van der Waals surface area (Å²) in [5.74, 6) is -1.62. The quantitative estimate of drug-likeness (QED) is 0.824. The van der Waals surface area contributed by atoms with Crippen LogP contribution in [0.3, 0.4) is 0 Å². The van der Waals surface area contributed by atoms with Crippen molar-refractivity contribution in [3.8, 4) is 11.5 Å². The van der Waals surface area contributed by atoms with E-state index in [9.17, 15) is 8.78 Å². The lowest BCUT2D eigenvalue weighted by molar-refractivity contribution is 0.119. The second-order valence-corrected chi connectivity index (χ2v) is 4.24. The highest BCUT2D eigenvalue weighted by Crippen LogP contribution is 2.25. The zero-order valence-electron chi connectivity index (χ0n) is 11.0. The molecule has 0 bridgehead atoms. The van der Waals surface area contributed by atoms with Crippen molar-refractivity contribution in [1.29, 1.82) is 0 Å². The van der Waals surface area contributed by atoms with Crippen molar-refractivity contribution in [2.24, 2.45) is 5.73 Å². The van der Waals surface area contributed by atoms with Gasteiger partial charge in [-0.1, -0.05) is 18.1 Å². The first-order valence-electron chi connectivity index (χ1n) is 6.24. The Balaban J connectivity index is 2.16. The summed E-state index contributed by atoms with van der Waals surface area (Å²) in [6.45, 7) is 2.76. The summed E-state index contributed by atoms with van der Waals surface area (Å²) in [7, 11) is 0. The monoisotopic (exact) mass is 283 g/mol. The van der Waals surface area contributed by atoms with E-state index < -0.39 is 17.7 Å². The fourth-order valence-corrected chi connectivity index (χ4v) is 1.62. The number of ether oxygens (including phenoxy) is 1. The molecule has 1 heterocycles. The molecule has 0 aliphatic rings. The third-order valence-electron chi connectivity index (χ3n) is 2.60. The number of nitrogens with zero attached hydrogens (tertiary/aromatic N) is 2. The maximum Gasteiger partial charge on any atom is 0.263 e. The third kappa shape index (κ3) is 3.17. The average Bonchev–Trinajstić information content (AvgIpc) is 2.88. The Hall–Kier alpha value is -1.86. The van der Waals surface area contributed by atoms with Crippen molar-refractivity contribution >= 4 is 0 Å². The van der Waals surface area contributed by atoms with Crippen molar-refractivity contribution in [3.05, 3.63) is 35.7 Å². The minimum Gasteiger partial charge on any atom is -0.379 e. The molecule has 1 aromatic carbocycles. The van der Waals surface area contributed by atoms with Crippen LogP contribution < -0.4 is 5.73 Å². The van der Waals surface area contributed by atoms with Crippen LogP contribution in [0.5, 0.6) is 0 Å². The molecule has 2 rings (SSSR count). The molecule has 0 aliphatic carbocycles. The lowest BCUT2D eigenvalue weighted by Crippen LogP contribution is -2.18. The van der Waals surface area contributed by atoms with Crippen LogP contribution in [0.1, 0.15) is 25.2 Å². The van der Waals surface area contributed by atoms with Gasteiger partial charge in [-0.3, -0.25) is 0 Å². The van der Waals surface area contributed by atoms with Crippen LogP contribution in [-0.4, -0.2) is 23.4 Å². The second-order valence-electron chi connectivity index (χ2n) is 4.24. The number of benzene rings is 1. The first-order valence-corrected chi connectivity index (χ1v) is 6.24. The van der Waals surface area contributed by atoms with Gasteiger partial charge in [0.05, 0.1) is 12.6 Å². The fraction of sp³-hybridized carbons (Fsp3) is 0.385. The van der Waals surface area contributed by atoms with Gasteiger partial charge in [0.15, 0.2) is 5.82 Å². The van der Waals surface area contributed by atoms with Gasteiger partial charge in [0.25, 0.3) is 5.89 Å². The Morgan fingerprint density at radius 1 is 1.35 bits per heavy atom. The molecule has 0 aliphatic heterocycles. The largest absolute Gasteiger partial charge is 0.379 e. The van der Waals surface area contributed by atoms with Crippen molar-refractivity contribution in [1.82, 2.24) is 10.1 Å². The Kier molecular flexibility index (Phi) is 4.75. The average molecular weight is 283 g/mol. The highest BCUT2D eigenvalue weighted by Gasteiger charge is 2.20. The van der Waals surface area contributed by atoms with Gasteiger partial charge in [-0.15, -0.1) is 0 Å². The van der Waals surface area contributed by atoms with E-state index in [-0.39, 0.29) is 23.9 Å². The molecule has 0 fully saturated rings. The lowest BCUT2D eigenvalue weighted by atomic mass is 10.2. The number of halogens is 2. The van der Waals surface area contributed by atoms with E-state index in [2.05, 4.69) is 10.1 Å². The molecule has 7 heteroatoms. The highest BCUT2D eigenvalue weighted by molar-refractivity contribution is 5.54. The molecule has 1 aromatic heterocycles. The molecule has 108 valence electrons. The van der Waals surface area contributed by atoms with E-state index in [1.165, 1.54) is 6.07 Å². The molecule has 0 amide bonds. The summed E-state index contributed by atoms with van der Waals surface area (Å²) in [6, 6.07) is 2.89. The van der Waals surface area contributed by atoms with E-state index in [1.54, 1.807) is 0 Å². The first kappa shape index (κ1) is 14.5. The van der Waals surface area contributed by atoms with Crippen LogP contribution in [0.25, 0.3) is 11.5 Å². The maximum atomic E-state index is 13.6. The molecule has 1 unspecified atom stereocenters. The van der Waals surface area contributed by atoms with Gasteiger partial charge in [0.2, 0.25) is 0 Å². The second kappa shape index (κ2) is 6.53. The molecule has 20 heavy (non-hydrogen) atoms. The van der Waals surface area contributed by atoms with E-state index in [0.717, 1.165) is 18.6 Å². The van der Waals surface area contributed by atoms with Gasteiger partial charge in [0, 0.05) is 6.61 Å². The Morgan fingerprint density at radius 3 is 2.70 bits per heavy atom. The lowest BCUT2D eigenvalue weighted by Gasteiger charge is -2.06. The molecular weight excluding hydrogens is 268 g/mol. The topological polar surface area (TPSA) is 74.2 Å². The third-order valence-corrected chi connectivity index (χ3v) is 2.60. The number of aromatic nitrogens is 2. The summed E-state index contributed by atoms with van der Waals surface area (Å²) in [4.78, 5) is 3.92. The van der Waals surface area contributed by atoms with E-state index in [4.69, 9.17) is 15.0 Å².